The number of pyridine rings is 1. The van der Waals surface area contributed by atoms with Crippen LogP contribution in [0.15, 0.2) is 39.7 Å². The van der Waals surface area contributed by atoms with Gasteiger partial charge in [0.15, 0.2) is 0 Å². The molecule has 4 rings (SSSR count). The minimum Gasteiger partial charge on any atom is -0.475 e. The summed E-state index contributed by atoms with van der Waals surface area (Å²) < 4.78 is 39.1. The van der Waals surface area contributed by atoms with Gasteiger partial charge < -0.3 is 19.4 Å². The van der Waals surface area contributed by atoms with Crippen molar-refractivity contribution in [3.8, 4) is 0 Å². The van der Waals surface area contributed by atoms with Crippen LogP contribution in [0.25, 0.3) is 0 Å². The van der Waals surface area contributed by atoms with Crippen molar-refractivity contribution in [1.29, 1.82) is 0 Å². The predicted octanol–water partition coefficient (Wildman–Crippen LogP) is 3.13. The Labute approximate surface area is 165 Å². The van der Waals surface area contributed by atoms with Crippen LogP contribution in [0.2, 0.25) is 0 Å². The molecule has 1 fully saturated rings. The minimum atomic E-state index is -5.08. The van der Waals surface area contributed by atoms with Crippen LogP contribution in [0.1, 0.15) is 36.3 Å². The Hall–Kier alpha value is -2.55. The Morgan fingerprint density at radius 2 is 1.97 bits per heavy atom. The topological polar surface area (TPSA) is 84.5 Å². The van der Waals surface area contributed by atoms with Crippen molar-refractivity contribution >= 4 is 5.97 Å². The molecule has 2 aliphatic rings. The summed E-state index contributed by atoms with van der Waals surface area (Å²) in [6, 6.07) is 8.16. The lowest BCUT2D eigenvalue weighted by Crippen LogP contribution is -2.37. The number of fused-ring (bicyclic) bond motifs is 1. The van der Waals surface area contributed by atoms with E-state index in [-0.39, 0.29) is 5.56 Å². The minimum absolute atomic E-state index is 0.174. The summed E-state index contributed by atoms with van der Waals surface area (Å²) in [6.07, 6.45) is 2.27. The zero-order valence-corrected chi connectivity index (χ0v) is 15.7. The lowest BCUT2D eigenvalue weighted by molar-refractivity contribution is -0.192. The molecule has 0 spiro atoms. The monoisotopic (exact) mass is 412 g/mol. The number of halogens is 3. The molecule has 158 valence electrons. The number of nitrogens with zero attached hydrogens (tertiary/aromatic N) is 1. The lowest BCUT2D eigenvalue weighted by atomic mass is 9.91. The molecule has 1 saturated carbocycles. The average molecular weight is 412 g/mol. The first kappa shape index (κ1) is 21.2. The first-order chi connectivity index (χ1) is 13.7. The van der Waals surface area contributed by atoms with Gasteiger partial charge in [0.25, 0.3) is 5.56 Å². The first-order valence-electron chi connectivity index (χ1n) is 9.51. The number of aromatic nitrogens is 1. The van der Waals surface area contributed by atoms with E-state index in [0.717, 1.165) is 44.0 Å². The fraction of sp³-hybridized carbons (Fsp3) is 0.500. The summed E-state index contributed by atoms with van der Waals surface area (Å²) in [5.74, 6) is -1.05. The molecule has 6 nitrogen and oxygen atoms in total. The number of carbonyl (C=O) groups is 1. The standard InChI is InChI=1S/C18H22N2O2.C2HF3O2/c21-18-8-5-14-10-15(19-11-16-2-1-9-22-16)6-7-17(14)20(18)12-13-3-4-13;3-2(4,5)1(6)7/h1-2,5,8-9,13,15,19H,3-4,6-7,10-12H2;(H,6,7). The molecule has 2 aliphatic carbocycles. The van der Waals surface area contributed by atoms with Crippen molar-refractivity contribution in [3.05, 3.63) is 57.9 Å². The van der Waals surface area contributed by atoms with Crippen molar-refractivity contribution in [2.45, 2.75) is 57.4 Å². The number of furan rings is 1. The van der Waals surface area contributed by atoms with E-state index in [1.165, 1.54) is 24.1 Å². The highest BCUT2D eigenvalue weighted by Gasteiger charge is 2.38. The summed E-state index contributed by atoms with van der Waals surface area (Å²) in [4.78, 5) is 21.0. The highest BCUT2D eigenvalue weighted by molar-refractivity contribution is 5.73. The average Bonchev–Trinajstić information content (AvgIpc) is 3.33. The molecule has 1 atom stereocenters. The zero-order chi connectivity index (χ0) is 21.0. The van der Waals surface area contributed by atoms with E-state index < -0.39 is 12.1 Å². The summed E-state index contributed by atoms with van der Waals surface area (Å²) in [6.45, 7) is 1.70. The van der Waals surface area contributed by atoms with E-state index in [1.807, 2.05) is 22.8 Å². The van der Waals surface area contributed by atoms with Gasteiger partial charge in [-0.3, -0.25) is 4.79 Å². The third-order valence-corrected chi connectivity index (χ3v) is 5.11. The molecule has 0 aliphatic heterocycles. The Bertz CT molecular complexity index is 886. The van der Waals surface area contributed by atoms with Crippen LogP contribution in [-0.4, -0.2) is 27.9 Å². The molecule has 2 heterocycles. The van der Waals surface area contributed by atoms with Crippen molar-refractivity contribution in [1.82, 2.24) is 9.88 Å². The van der Waals surface area contributed by atoms with Gasteiger partial charge in [-0.15, -0.1) is 0 Å². The third kappa shape index (κ3) is 5.96. The van der Waals surface area contributed by atoms with E-state index in [1.54, 1.807) is 12.3 Å². The molecule has 9 heteroatoms. The Morgan fingerprint density at radius 3 is 2.55 bits per heavy atom. The second kappa shape index (κ2) is 8.86. The number of carboxylic acids is 1. The molecule has 0 amide bonds. The highest BCUT2D eigenvalue weighted by atomic mass is 19.4. The van der Waals surface area contributed by atoms with Crippen molar-refractivity contribution in [2.24, 2.45) is 5.92 Å². The molecule has 0 saturated heterocycles. The van der Waals surface area contributed by atoms with Gasteiger partial charge in [-0.05, 0) is 55.7 Å². The first-order valence-corrected chi connectivity index (χ1v) is 9.51. The SMILES string of the molecule is O=C(O)C(F)(F)F.O=c1ccc2c(n1CC1CC1)CCC(NCc1ccco1)C2. The van der Waals surface area contributed by atoms with E-state index in [2.05, 4.69) is 5.32 Å². The number of hydrogen-bond acceptors (Lipinski definition) is 4. The van der Waals surface area contributed by atoms with E-state index >= 15 is 0 Å². The maximum atomic E-state index is 12.2. The molecule has 1 unspecified atom stereocenters. The van der Waals surface area contributed by atoms with Crippen LogP contribution in [0.4, 0.5) is 13.2 Å². The predicted molar refractivity (Wildman–Crippen MR) is 98.5 cm³/mol. The number of hydrogen-bond donors (Lipinski definition) is 2. The molecule has 2 aromatic rings. The quantitative estimate of drug-likeness (QED) is 0.788. The zero-order valence-electron chi connectivity index (χ0n) is 15.7. The maximum Gasteiger partial charge on any atom is 0.490 e. The third-order valence-electron chi connectivity index (χ3n) is 5.11. The van der Waals surface area contributed by atoms with Crippen LogP contribution in [0, 0.1) is 5.92 Å². The lowest BCUT2D eigenvalue weighted by Gasteiger charge is -2.27. The van der Waals surface area contributed by atoms with Gasteiger partial charge in [0, 0.05) is 24.3 Å². The number of rotatable bonds is 5. The van der Waals surface area contributed by atoms with Gasteiger partial charge in [0.2, 0.25) is 0 Å². The van der Waals surface area contributed by atoms with Crippen LogP contribution in [0.3, 0.4) is 0 Å². The van der Waals surface area contributed by atoms with Gasteiger partial charge in [-0.1, -0.05) is 6.07 Å². The molecule has 2 N–H and O–H groups in total. The number of carboxylic acid groups (broad SMARTS) is 1. The fourth-order valence-corrected chi connectivity index (χ4v) is 3.42. The van der Waals surface area contributed by atoms with Crippen LogP contribution < -0.4 is 10.9 Å². The molecule has 2 aromatic heterocycles. The van der Waals surface area contributed by atoms with Crippen molar-refractivity contribution < 1.29 is 27.5 Å². The summed E-state index contributed by atoms with van der Waals surface area (Å²) in [5, 5.41) is 10.7. The van der Waals surface area contributed by atoms with Crippen molar-refractivity contribution in [2.75, 3.05) is 0 Å². The largest absolute Gasteiger partial charge is 0.490 e. The molecule has 0 bridgehead atoms. The van der Waals surface area contributed by atoms with Gasteiger partial charge in [0.1, 0.15) is 5.76 Å². The van der Waals surface area contributed by atoms with E-state index in [9.17, 15) is 18.0 Å². The van der Waals surface area contributed by atoms with Gasteiger partial charge >= 0.3 is 12.1 Å². The maximum absolute atomic E-state index is 12.2. The fourth-order valence-electron chi connectivity index (χ4n) is 3.42. The normalized spacial score (nSPS) is 18.5. The summed E-state index contributed by atoms with van der Waals surface area (Å²) in [7, 11) is 0. The molecule has 0 radical (unpaired) electrons. The molecule has 0 aromatic carbocycles. The Balaban J connectivity index is 0.000000298. The van der Waals surface area contributed by atoms with Crippen LogP contribution >= 0.6 is 0 Å². The van der Waals surface area contributed by atoms with E-state index in [0.29, 0.717) is 6.04 Å². The highest BCUT2D eigenvalue weighted by Crippen LogP contribution is 2.31. The van der Waals surface area contributed by atoms with Gasteiger partial charge in [-0.2, -0.15) is 13.2 Å². The van der Waals surface area contributed by atoms with Crippen molar-refractivity contribution in [3.63, 3.8) is 0 Å². The summed E-state index contributed by atoms with van der Waals surface area (Å²) in [5.41, 5.74) is 2.78. The van der Waals surface area contributed by atoms with Crippen LogP contribution in [-0.2, 0) is 30.7 Å². The smallest absolute Gasteiger partial charge is 0.475 e. The second-order valence-electron chi connectivity index (χ2n) is 7.40. The Morgan fingerprint density at radius 1 is 1.24 bits per heavy atom. The number of aliphatic carboxylic acids is 1. The number of alkyl halides is 3. The molecular weight excluding hydrogens is 389 g/mol. The number of nitrogens with one attached hydrogen (secondary N) is 1. The van der Waals surface area contributed by atoms with Gasteiger partial charge in [-0.25, -0.2) is 4.79 Å². The summed E-state index contributed by atoms with van der Waals surface area (Å²) >= 11 is 0. The molecular formula is C20H23F3N2O4. The Kier molecular flexibility index (Phi) is 6.46. The van der Waals surface area contributed by atoms with Crippen LogP contribution in [0.5, 0.6) is 0 Å². The van der Waals surface area contributed by atoms with Gasteiger partial charge in [0.05, 0.1) is 12.8 Å². The second-order valence-corrected chi connectivity index (χ2v) is 7.40. The molecule has 29 heavy (non-hydrogen) atoms. The van der Waals surface area contributed by atoms with E-state index in [4.69, 9.17) is 14.3 Å².